The van der Waals surface area contributed by atoms with Crippen molar-refractivity contribution in [3.05, 3.63) is 0 Å². The molecule has 126 valence electrons. The fraction of sp³-hybridized carbons (Fsp3) is 1.00. The van der Waals surface area contributed by atoms with Crippen LogP contribution in [0, 0.1) is 0 Å². The Bertz CT molecular complexity index is 140. The van der Waals surface area contributed by atoms with Crippen LogP contribution in [0.25, 0.3) is 0 Å². The predicted molar refractivity (Wildman–Crippen MR) is 93.0 cm³/mol. The maximum Gasteiger partial charge on any atom is -0.00368 e. The van der Waals surface area contributed by atoms with Crippen LogP contribution < -0.4 is 21.3 Å². The lowest BCUT2D eigenvalue weighted by Gasteiger charge is -2.09. The zero-order valence-corrected chi connectivity index (χ0v) is 14.0. The molecule has 3 aliphatic heterocycles. The highest BCUT2D eigenvalue weighted by Gasteiger charge is 1.95. The molecule has 0 bridgehead atoms. The SMILES string of the molecule is C1CCCNCC1.C1CCNCC1.C1CNCCCNC1. The predicted octanol–water partition coefficient (Wildman–Crippen LogP) is 1.87. The molecule has 0 aliphatic carbocycles. The summed E-state index contributed by atoms with van der Waals surface area (Å²) in [5, 5.41) is 13.3. The molecule has 0 unspecified atom stereocenters. The van der Waals surface area contributed by atoms with E-state index in [0.717, 1.165) is 0 Å². The van der Waals surface area contributed by atoms with Crippen molar-refractivity contribution in [1.29, 1.82) is 0 Å². The summed E-state index contributed by atoms with van der Waals surface area (Å²) < 4.78 is 0. The Kier molecular flexibility index (Phi) is 14.6. The third-order valence-electron chi connectivity index (χ3n) is 4.08. The summed E-state index contributed by atoms with van der Waals surface area (Å²) in [4.78, 5) is 0. The van der Waals surface area contributed by atoms with Crippen molar-refractivity contribution in [1.82, 2.24) is 21.3 Å². The van der Waals surface area contributed by atoms with Crippen molar-refractivity contribution in [2.24, 2.45) is 0 Å². The van der Waals surface area contributed by atoms with Crippen molar-refractivity contribution >= 4 is 0 Å². The van der Waals surface area contributed by atoms with Gasteiger partial charge in [-0.15, -0.1) is 0 Å². The standard InChI is InChI=1S/C6H14N2.C6H13N.C5H11N/c1-3-7-5-2-6-8-4-1;1-2-4-6-7-5-3-1;1-2-4-6-5-3-1/h7-8H,1-6H2;7H,1-6H2;6H,1-5H2. The quantitative estimate of drug-likeness (QED) is 0.551. The molecule has 0 radical (unpaired) electrons. The fourth-order valence-electron chi connectivity index (χ4n) is 2.71. The molecule has 0 aromatic carbocycles. The van der Waals surface area contributed by atoms with Crippen LogP contribution in [0.5, 0.6) is 0 Å². The van der Waals surface area contributed by atoms with Crippen molar-refractivity contribution in [2.45, 2.75) is 57.8 Å². The summed E-state index contributed by atoms with van der Waals surface area (Å²) in [6, 6.07) is 0. The van der Waals surface area contributed by atoms with Crippen molar-refractivity contribution in [2.75, 3.05) is 52.4 Å². The van der Waals surface area contributed by atoms with E-state index >= 15 is 0 Å². The van der Waals surface area contributed by atoms with Crippen LogP contribution in [0.15, 0.2) is 0 Å². The monoisotopic (exact) mass is 298 g/mol. The van der Waals surface area contributed by atoms with Gasteiger partial charge in [-0.3, -0.25) is 0 Å². The molecule has 4 nitrogen and oxygen atoms in total. The number of hydrogen-bond acceptors (Lipinski definition) is 4. The molecule has 21 heavy (non-hydrogen) atoms. The number of hydrogen-bond donors (Lipinski definition) is 4. The van der Waals surface area contributed by atoms with E-state index in [1.54, 1.807) is 0 Å². The Hall–Kier alpha value is -0.160. The highest BCUT2D eigenvalue weighted by molar-refractivity contribution is 4.57. The highest BCUT2D eigenvalue weighted by atomic mass is 14.9. The Morgan fingerprint density at radius 2 is 0.476 bits per heavy atom. The van der Waals surface area contributed by atoms with Crippen LogP contribution in [-0.4, -0.2) is 52.4 Å². The first kappa shape index (κ1) is 18.9. The minimum absolute atomic E-state index is 1.19. The second-order valence-electron chi connectivity index (χ2n) is 6.18. The van der Waals surface area contributed by atoms with Gasteiger partial charge in [-0.1, -0.05) is 19.3 Å². The van der Waals surface area contributed by atoms with Crippen LogP contribution in [0.3, 0.4) is 0 Å². The molecular formula is C17H38N4. The molecule has 3 aliphatic rings. The smallest absolute Gasteiger partial charge is 0.00368 e. The zero-order chi connectivity index (χ0) is 14.8. The van der Waals surface area contributed by atoms with Crippen molar-refractivity contribution < 1.29 is 0 Å². The maximum absolute atomic E-state index is 3.35. The van der Waals surface area contributed by atoms with Gasteiger partial charge in [0.05, 0.1) is 0 Å². The number of rotatable bonds is 0. The summed E-state index contributed by atoms with van der Waals surface area (Å²) in [7, 11) is 0. The van der Waals surface area contributed by atoms with Gasteiger partial charge in [0, 0.05) is 0 Å². The second-order valence-corrected chi connectivity index (χ2v) is 6.18. The molecule has 3 heterocycles. The van der Waals surface area contributed by atoms with Gasteiger partial charge in [0.1, 0.15) is 0 Å². The second kappa shape index (κ2) is 16.2. The minimum atomic E-state index is 1.19. The minimum Gasteiger partial charge on any atom is -0.317 e. The Labute approximate surface area is 132 Å². The lowest BCUT2D eigenvalue weighted by molar-refractivity contribution is 0.520. The molecule has 0 spiro atoms. The van der Waals surface area contributed by atoms with Gasteiger partial charge < -0.3 is 21.3 Å². The largest absolute Gasteiger partial charge is 0.317 e. The van der Waals surface area contributed by atoms with Gasteiger partial charge in [-0.25, -0.2) is 0 Å². The molecule has 3 rings (SSSR count). The van der Waals surface area contributed by atoms with E-state index in [1.807, 2.05) is 0 Å². The first-order valence-corrected chi connectivity index (χ1v) is 9.33. The van der Waals surface area contributed by atoms with Gasteiger partial charge in [0.2, 0.25) is 0 Å². The van der Waals surface area contributed by atoms with Crippen LogP contribution in [-0.2, 0) is 0 Å². The Morgan fingerprint density at radius 1 is 0.238 bits per heavy atom. The zero-order valence-electron chi connectivity index (χ0n) is 14.0. The molecule has 0 atom stereocenters. The van der Waals surface area contributed by atoms with E-state index in [0.29, 0.717) is 0 Å². The van der Waals surface area contributed by atoms with Crippen molar-refractivity contribution in [3.63, 3.8) is 0 Å². The molecule has 3 saturated heterocycles. The fourth-order valence-corrected chi connectivity index (χ4v) is 2.71. The van der Waals surface area contributed by atoms with E-state index in [9.17, 15) is 0 Å². The first-order chi connectivity index (χ1) is 10.5. The van der Waals surface area contributed by atoms with Gasteiger partial charge in [0.15, 0.2) is 0 Å². The highest BCUT2D eigenvalue weighted by Crippen LogP contribution is 2.00. The van der Waals surface area contributed by atoms with Gasteiger partial charge in [0.25, 0.3) is 0 Å². The van der Waals surface area contributed by atoms with Crippen LogP contribution in [0.1, 0.15) is 57.8 Å². The lowest BCUT2D eigenvalue weighted by atomic mass is 10.2. The summed E-state index contributed by atoms with van der Waals surface area (Å²) in [6.07, 6.45) is 12.4. The Balaban J connectivity index is 0.000000159. The van der Waals surface area contributed by atoms with Gasteiger partial charge in [-0.2, -0.15) is 0 Å². The summed E-state index contributed by atoms with van der Waals surface area (Å²) in [5.41, 5.74) is 0. The molecule has 3 fully saturated rings. The summed E-state index contributed by atoms with van der Waals surface area (Å²) in [6.45, 7) is 9.75. The number of nitrogens with one attached hydrogen (secondary N) is 4. The molecule has 0 aromatic heterocycles. The molecule has 0 amide bonds. The summed E-state index contributed by atoms with van der Waals surface area (Å²) >= 11 is 0. The van der Waals surface area contributed by atoms with Gasteiger partial charge in [-0.05, 0) is 90.9 Å². The van der Waals surface area contributed by atoms with Crippen molar-refractivity contribution in [3.8, 4) is 0 Å². The van der Waals surface area contributed by atoms with Crippen LogP contribution in [0.4, 0.5) is 0 Å². The third kappa shape index (κ3) is 14.5. The van der Waals surface area contributed by atoms with E-state index in [-0.39, 0.29) is 0 Å². The molecule has 4 heteroatoms. The van der Waals surface area contributed by atoms with E-state index in [4.69, 9.17) is 0 Å². The molecule has 4 N–H and O–H groups in total. The lowest BCUT2D eigenvalue weighted by Crippen LogP contribution is -2.29. The van der Waals surface area contributed by atoms with E-state index in [2.05, 4.69) is 21.3 Å². The summed E-state index contributed by atoms with van der Waals surface area (Å²) in [5.74, 6) is 0. The maximum atomic E-state index is 3.35. The van der Waals surface area contributed by atoms with Crippen LogP contribution in [0.2, 0.25) is 0 Å². The molecular weight excluding hydrogens is 260 g/mol. The molecule has 0 aromatic rings. The van der Waals surface area contributed by atoms with E-state index < -0.39 is 0 Å². The van der Waals surface area contributed by atoms with Gasteiger partial charge >= 0.3 is 0 Å². The number of piperidine rings is 1. The molecule has 0 saturated carbocycles. The third-order valence-corrected chi connectivity index (χ3v) is 4.08. The van der Waals surface area contributed by atoms with Crippen LogP contribution >= 0.6 is 0 Å². The van der Waals surface area contributed by atoms with E-state index in [1.165, 1.54) is 110 Å². The average Bonchev–Trinajstić information content (AvgIpc) is 2.82. The topological polar surface area (TPSA) is 48.1 Å². The Morgan fingerprint density at radius 3 is 0.762 bits per heavy atom. The average molecular weight is 299 g/mol. The first-order valence-electron chi connectivity index (χ1n) is 9.33. The normalized spacial score (nSPS) is 24.0.